The van der Waals surface area contributed by atoms with Crippen molar-refractivity contribution in [3.63, 3.8) is 0 Å². The van der Waals surface area contributed by atoms with Gasteiger partial charge in [-0.15, -0.1) is 0 Å². The number of nitrogens with one attached hydrogen (secondary N) is 2. The normalized spacial score (nSPS) is 11.9. The van der Waals surface area contributed by atoms with E-state index in [1.165, 1.54) is 25.1 Å². The SMILES string of the molecule is CC(NC(=O)c1cccc(=O)[nH]1)c1cc(F)ccc1F. The smallest absolute Gasteiger partial charge is 0.268 e. The van der Waals surface area contributed by atoms with Crippen molar-refractivity contribution in [2.45, 2.75) is 13.0 Å². The van der Waals surface area contributed by atoms with Crippen LogP contribution in [0.5, 0.6) is 0 Å². The van der Waals surface area contributed by atoms with E-state index in [0.717, 1.165) is 18.2 Å². The molecule has 1 unspecified atom stereocenters. The summed E-state index contributed by atoms with van der Waals surface area (Å²) in [6.07, 6.45) is 0. The standard InChI is InChI=1S/C14H12F2N2O2/c1-8(10-7-9(15)5-6-11(10)16)17-14(20)12-3-2-4-13(19)18-12/h2-8H,1H3,(H,17,20)(H,18,19). The fourth-order valence-electron chi connectivity index (χ4n) is 1.78. The lowest BCUT2D eigenvalue weighted by Gasteiger charge is -2.15. The minimum atomic E-state index is -0.734. The van der Waals surface area contributed by atoms with Crippen molar-refractivity contribution in [2.75, 3.05) is 0 Å². The Morgan fingerprint density at radius 1 is 1.25 bits per heavy atom. The molecule has 0 saturated carbocycles. The van der Waals surface area contributed by atoms with Crippen LogP contribution in [0.25, 0.3) is 0 Å². The largest absolute Gasteiger partial charge is 0.344 e. The Balaban J connectivity index is 2.19. The van der Waals surface area contributed by atoms with Gasteiger partial charge in [0.1, 0.15) is 17.3 Å². The predicted molar refractivity (Wildman–Crippen MR) is 69.3 cm³/mol. The van der Waals surface area contributed by atoms with E-state index < -0.39 is 29.1 Å². The summed E-state index contributed by atoms with van der Waals surface area (Å²) in [5.41, 5.74) is -0.319. The zero-order valence-electron chi connectivity index (χ0n) is 10.6. The molecule has 2 N–H and O–H groups in total. The van der Waals surface area contributed by atoms with Crippen LogP contribution in [0.4, 0.5) is 8.78 Å². The van der Waals surface area contributed by atoms with Crippen LogP contribution in [0.15, 0.2) is 41.2 Å². The first-order chi connectivity index (χ1) is 9.47. The molecule has 104 valence electrons. The van der Waals surface area contributed by atoms with Crippen LogP contribution >= 0.6 is 0 Å². The first-order valence-corrected chi connectivity index (χ1v) is 5.92. The number of H-pyrrole nitrogens is 1. The molecular formula is C14H12F2N2O2. The summed E-state index contributed by atoms with van der Waals surface area (Å²) in [6.45, 7) is 1.52. The van der Waals surface area contributed by atoms with Crippen LogP contribution in [0.3, 0.4) is 0 Å². The van der Waals surface area contributed by atoms with E-state index in [-0.39, 0.29) is 11.3 Å². The van der Waals surface area contributed by atoms with E-state index >= 15 is 0 Å². The summed E-state index contributed by atoms with van der Waals surface area (Å²) < 4.78 is 26.7. The second-order valence-electron chi connectivity index (χ2n) is 4.29. The molecule has 1 aromatic heterocycles. The van der Waals surface area contributed by atoms with Gasteiger partial charge in [0.2, 0.25) is 5.56 Å². The van der Waals surface area contributed by atoms with E-state index in [4.69, 9.17) is 0 Å². The van der Waals surface area contributed by atoms with E-state index in [1.54, 1.807) is 0 Å². The number of aromatic amines is 1. The number of hydrogen-bond acceptors (Lipinski definition) is 2. The first-order valence-electron chi connectivity index (χ1n) is 5.92. The monoisotopic (exact) mass is 278 g/mol. The van der Waals surface area contributed by atoms with Gasteiger partial charge in [0.15, 0.2) is 0 Å². The van der Waals surface area contributed by atoms with Crippen LogP contribution in [0, 0.1) is 11.6 Å². The predicted octanol–water partition coefficient (Wildman–Crippen LogP) is 2.14. The van der Waals surface area contributed by atoms with Crippen molar-refractivity contribution in [2.24, 2.45) is 0 Å². The Bertz CT molecular complexity index is 698. The zero-order chi connectivity index (χ0) is 14.7. The molecule has 0 spiro atoms. The third-order valence-electron chi connectivity index (χ3n) is 2.79. The Labute approximate surface area is 113 Å². The average molecular weight is 278 g/mol. The Morgan fingerprint density at radius 3 is 2.70 bits per heavy atom. The molecular weight excluding hydrogens is 266 g/mol. The summed E-state index contributed by atoms with van der Waals surface area (Å²) in [6, 6.07) is 6.41. The maximum Gasteiger partial charge on any atom is 0.268 e. The molecule has 0 aliphatic heterocycles. The van der Waals surface area contributed by atoms with E-state index in [2.05, 4.69) is 10.3 Å². The van der Waals surface area contributed by atoms with Gasteiger partial charge in [-0.25, -0.2) is 8.78 Å². The highest BCUT2D eigenvalue weighted by Gasteiger charge is 2.15. The lowest BCUT2D eigenvalue weighted by Crippen LogP contribution is -2.29. The maximum absolute atomic E-state index is 13.6. The van der Waals surface area contributed by atoms with Crippen molar-refractivity contribution in [3.05, 3.63) is 69.6 Å². The van der Waals surface area contributed by atoms with Gasteiger partial charge >= 0.3 is 0 Å². The number of amides is 1. The van der Waals surface area contributed by atoms with E-state index in [1.807, 2.05) is 0 Å². The minimum absolute atomic E-state index is 0.0385. The van der Waals surface area contributed by atoms with Gasteiger partial charge < -0.3 is 10.3 Å². The fraction of sp³-hybridized carbons (Fsp3) is 0.143. The van der Waals surface area contributed by atoms with Gasteiger partial charge in [-0.05, 0) is 31.2 Å². The van der Waals surface area contributed by atoms with Crippen LogP contribution in [-0.2, 0) is 0 Å². The van der Waals surface area contributed by atoms with Gasteiger partial charge in [-0.1, -0.05) is 6.07 Å². The molecule has 1 amide bonds. The van der Waals surface area contributed by atoms with Crippen LogP contribution in [-0.4, -0.2) is 10.9 Å². The third kappa shape index (κ3) is 3.09. The first kappa shape index (κ1) is 13.9. The molecule has 0 radical (unpaired) electrons. The molecule has 0 bridgehead atoms. The molecule has 2 aromatic rings. The summed E-state index contributed by atoms with van der Waals surface area (Å²) in [5, 5.41) is 2.49. The molecule has 0 aliphatic rings. The number of benzene rings is 1. The lowest BCUT2D eigenvalue weighted by atomic mass is 10.1. The van der Waals surface area contributed by atoms with E-state index in [0.29, 0.717) is 0 Å². The summed E-state index contributed by atoms with van der Waals surface area (Å²) >= 11 is 0. The van der Waals surface area contributed by atoms with Crippen molar-refractivity contribution >= 4 is 5.91 Å². The summed E-state index contributed by atoms with van der Waals surface area (Å²) in [4.78, 5) is 25.3. The molecule has 0 fully saturated rings. The summed E-state index contributed by atoms with van der Waals surface area (Å²) in [5.74, 6) is -1.77. The van der Waals surface area contributed by atoms with Crippen molar-refractivity contribution in [1.82, 2.24) is 10.3 Å². The maximum atomic E-state index is 13.6. The number of aromatic nitrogens is 1. The van der Waals surface area contributed by atoms with Gasteiger partial charge in [0.25, 0.3) is 5.91 Å². The Hall–Kier alpha value is -2.50. The molecule has 2 rings (SSSR count). The molecule has 0 aliphatic carbocycles. The molecule has 1 heterocycles. The molecule has 6 heteroatoms. The molecule has 1 aromatic carbocycles. The van der Waals surface area contributed by atoms with Crippen molar-refractivity contribution in [3.8, 4) is 0 Å². The van der Waals surface area contributed by atoms with Crippen molar-refractivity contribution < 1.29 is 13.6 Å². The molecule has 0 saturated heterocycles. The van der Waals surface area contributed by atoms with Gasteiger partial charge in [-0.2, -0.15) is 0 Å². The minimum Gasteiger partial charge on any atom is -0.344 e. The van der Waals surface area contributed by atoms with Crippen LogP contribution < -0.4 is 10.9 Å². The molecule has 1 atom stereocenters. The Kier molecular flexibility index (Phi) is 3.93. The van der Waals surface area contributed by atoms with Gasteiger partial charge in [0, 0.05) is 11.6 Å². The zero-order valence-corrected chi connectivity index (χ0v) is 10.6. The average Bonchev–Trinajstić information content (AvgIpc) is 2.41. The van der Waals surface area contributed by atoms with Crippen LogP contribution in [0.2, 0.25) is 0 Å². The molecule has 20 heavy (non-hydrogen) atoms. The lowest BCUT2D eigenvalue weighted by molar-refractivity contribution is 0.0934. The molecule has 4 nitrogen and oxygen atoms in total. The quantitative estimate of drug-likeness (QED) is 0.903. The summed E-state index contributed by atoms with van der Waals surface area (Å²) in [7, 11) is 0. The highest BCUT2D eigenvalue weighted by Crippen LogP contribution is 2.18. The Morgan fingerprint density at radius 2 is 2.00 bits per heavy atom. The number of carbonyl (C=O) groups excluding carboxylic acids is 1. The fourth-order valence-corrected chi connectivity index (χ4v) is 1.78. The highest BCUT2D eigenvalue weighted by atomic mass is 19.1. The number of hydrogen-bond donors (Lipinski definition) is 2. The third-order valence-corrected chi connectivity index (χ3v) is 2.79. The highest BCUT2D eigenvalue weighted by molar-refractivity contribution is 5.92. The number of halogens is 2. The number of carbonyl (C=O) groups is 1. The number of pyridine rings is 1. The van der Waals surface area contributed by atoms with Gasteiger partial charge in [-0.3, -0.25) is 9.59 Å². The van der Waals surface area contributed by atoms with E-state index in [9.17, 15) is 18.4 Å². The topological polar surface area (TPSA) is 62.0 Å². The number of rotatable bonds is 3. The second-order valence-corrected chi connectivity index (χ2v) is 4.29. The van der Waals surface area contributed by atoms with Crippen molar-refractivity contribution in [1.29, 1.82) is 0 Å². The van der Waals surface area contributed by atoms with Gasteiger partial charge in [0.05, 0.1) is 6.04 Å². The van der Waals surface area contributed by atoms with Crippen LogP contribution in [0.1, 0.15) is 29.0 Å². The second kappa shape index (κ2) is 5.64.